The smallest absolute Gasteiger partial charge is 0.115 e. The Hall–Kier alpha value is -2.00. The van der Waals surface area contributed by atoms with Gasteiger partial charge in [0.05, 0.1) is 11.0 Å². The normalized spacial score (nSPS) is 11.1. The molecule has 0 amide bonds. The van der Waals surface area contributed by atoms with Crippen LogP contribution in [0.3, 0.4) is 0 Å². The second-order valence-electron chi connectivity index (χ2n) is 5.16. The quantitative estimate of drug-likeness (QED) is 0.775. The number of fused-ring (bicyclic) bond motifs is 1. The predicted molar refractivity (Wildman–Crippen MR) is 85.9 cm³/mol. The zero-order valence-electron chi connectivity index (χ0n) is 11.9. The summed E-state index contributed by atoms with van der Waals surface area (Å²) in [5, 5.41) is 10.1. The minimum absolute atomic E-state index is 0.285. The summed E-state index contributed by atoms with van der Waals surface area (Å²) in [6.45, 7) is 3.09. The van der Waals surface area contributed by atoms with Crippen molar-refractivity contribution in [3.05, 3.63) is 58.9 Å². The van der Waals surface area contributed by atoms with Gasteiger partial charge in [0, 0.05) is 18.0 Å². The average molecular weight is 301 g/mol. The first-order valence-corrected chi connectivity index (χ1v) is 7.47. The summed E-state index contributed by atoms with van der Waals surface area (Å²) in [7, 11) is 0. The fraction of sp³-hybridized carbons (Fsp3) is 0.235. The highest BCUT2D eigenvalue weighted by atomic mass is 35.5. The van der Waals surface area contributed by atoms with Crippen LogP contribution in [0.1, 0.15) is 24.7 Å². The van der Waals surface area contributed by atoms with Crippen molar-refractivity contribution in [3.8, 4) is 5.75 Å². The lowest BCUT2D eigenvalue weighted by Crippen LogP contribution is -2.04. The Labute approximate surface area is 128 Å². The minimum Gasteiger partial charge on any atom is -0.508 e. The second kappa shape index (κ2) is 5.78. The van der Waals surface area contributed by atoms with Gasteiger partial charge in [-0.05, 0) is 42.3 Å². The molecule has 2 aromatic carbocycles. The van der Waals surface area contributed by atoms with Gasteiger partial charge in [0.25, 0.3) is 0 Å². The number of hydrogen-bond acceptors (Lipinski definition) is 2. The van der Waals surface area contributed by atoms with E-state index in [1.807, 2.05) is 30.3 Å². The van der Waals surface area contributed by atoms with Crippen LogP contribution in [0.25, 0.3) is 11.0 Å². The summed E-state index contributed by atoms with van der Waals surface area (Å²) < 4.78 is 2.25. The van der Waals surface area contributed by atoms with Gasteiger partial charge in [0.2, 0.25) is 0 Å². The molecular formula is C17H17ClN2O. The standard InChI is InChI=1S/C17H17ClN2O/c1-2-9-20-16-8-5-13(18)11-15(16)19-17(20)10-12-3-6-14(21)7-4-12/h3-8,11,21H,2,9-10H2,1H3. The highest BCUT2D eigenvalue weighted by Gasteiger charge is 2.11. The number of halogens is 1. The number of benzene rings is 2. The van der Waals surface area contributed by atoms with Crippen LogP contribution in [0.2, 0.25) is 5.02 Å². The Bertz CT molecular complexity index is 762. The first-order valence-electron chi connectivity index (χ1n) is 7.10. The van der Waals surface area contributed by atoms with E-state index in [9.17, 15) is 5.11 Å². The number of hydrogen-bond donors (Lipinski definition) is 1. The summed E-state index contributed by atoms with van der Waals surface area (Å²) in [5.74, 6) is 1.31. The third kappa shape index (κ3) is 2.88. The summed E-state index contributed by atoms with van der Waals surface area (Å²) in [5.41, 5.74) is 3.19. The Morgan fingerprint density at radius 1 is 1.14 bits per heavy atom. The van der Waals surface area contributed by atoms with Crippen LogP contribution in [0.4, 0.5) is 0 Å². The predicted octanol–water partition coefficient (Wildman–Crippen LogP) is 4.40. The molecule has 1 aromatic heterocycles. The molecule has 0 unspecified atom stereocenters. The first kappa shape index (κ1) is 14.0. The van der Waals surface area contributed by atoms with E-state index in [2.05, 4.69) is 11.5 Å². The molecule has 3 nitrogen and oxygen atoms in total. The van der Waals surface area contributed by atoms with Crippen molar-refractivity contribution in [2.75, 3.05) is 0 Å². The van der Waals surface area contributed by atoms with Gasteiger partial charge in [-0.25, -0.2) is 4.98 Å². The van der Waals surface area contributed by atoms with Gasteiger partial charge >= 0.3 is 0 Å². The van der Waals surface area contributed by atoms with Crippen molar-refractivity contribution in [2.24, 2.45) is 0 Å². The monoisotopic (exact) mass is 300 g/mol. The summed E-state index contributed by atoms with van der Waals surface area (Å²) in [6, 6.07) is 13.1. The molecule has 1 heterocycles. The fourth-order valence-electron chi connectivity index (χ4n) is 2.56. The number of aromatic hydroxyl groups is 1. The number of imidazole rings is 1. The lowest BCUT2D eigenvalue weighted by atomic mass is 10.1. The molecule has 108 valence electrons. The molecule has 0 aliphatic carbocycles. The molecule has 0 aliphatic rings. The van der Waals surface area contributed by atoms with E-state index in [1.54, 1.807) is 12.1 Å². The van der Waals surface area contributed by atoms with Crippen LogP contribution in [-0.2, 0) is 13.0 Å². The van der Waals surface area contributed by atoms with Crippen molar-refractivity contribution in [1.29, 1.82) is 0 Å². The maximum absolute atomic E-state index is 9.37. The van der Waals surface area contributed by atoms with Crippen LogP contribution in [-0.4, -0.2) is 14.7 Å². The second-order valence-corrected chi connectivity index (χ2v) is 5.59. The topological polar surface area (TPSA) is 38.0 Å². The van der Waals surface area contributed by atoms with E-state index in [1.165, 1.54) is 0 Å². The number of phenols is 1. The van der Waals surface area contributed by atoms with Gasteiger partial charge in [-0.1, -0.05) is 30.7 Å². The summed E-state index contributed by atoms with van der Waals surface area (Å²) >= 11 is 6.06. The molecule has 0 aliphatic heterocycles. The van der Waals surface area contributed by atoms with Crippen LogP contribution >= 0.6 is 11.6 Å². The van der Waals surface area contributed by atoms with Gasteiger partial charge in [-0.15, -0.1) is 0 Å². The molecule has 0 fully saturated rings. The van der Waals surface area contributed by atoms with E-state index in [0.29, 0.717) is 5.02 Å². The molecule has 0 atom stereocenters. The average Bonchev–Trinajstić information content (AvgIpc) is 2.79. The Morgan fingerprint density at radius 2 is 1.90 bits per heavy atom. The summed E-state index contributed by atoms with van der Waals surface area (Å²) in [4.78, 5) is 4.73. The summed E-state index contributed by atoms with van der Waals surface area (Å²) in [6.07, 6.45) is 1.79. The Morgan fingerprint density at radius 3 is 2.62 bits per heavy atom. The molecule has 0 saturated carbocycles. The van der Waals surface area contributed by atoms with E-state index >= 15 is 0 Å². The zero-order valence-corrected chi connectivity index (χ0v) is 12.6. The van der Waals surface area contributed by atoms with Gasteiger partial charge in [0.15, 0.2) is 0 Å². The molecule has 3 aromatic rings. The van der Waals surface area contributed by atoms with Crippen LogP contribution in [0, 0.1) is 0 Å². The molecule has 4 heteroatoms. The molecular weight excluding hydrogens is 284 g/mol. The molecule has 21 heavy (non-hydrogen) atoms. The number of nitrogens with zero attached hydrogens (tertiary/aromatic N) is 2. The lowest BCUT2D eigenvalue weighted by Gasteiger charge is -2.08. The molecule has 0 bridgehead atoms. The largest absolute Gasteiger partial charge is 0.508 e. The molecule has 1 N–H and O–H groups in total. The van der Waals surface area contributed by atoms with Gasteiger partial charge in [-0.2, -0.15) is 0 Å². The number of aryl methyl sites for hydroxylation is 1. The molecule has 0 radical (unpaired) electrons. The first-order chi connectivity index (χ1) is 10.2. The molecule has 0 saturated heterocycles. The van der Waals surface area contributed by atoms with Crippen molar-refractivity contribution in [3.63, 3.8) is 0 Å². The van der Waals surface area contributed by atoms with Crippen molar-refractivity contribution >= 4 is 22.6 Å². The third-order valence-electron chi connectivity index (χ3n) is 3.54. The SMILES string of the molecule is CCCn1c(Cc2ccc(O)cc2)nc2cc(Cl)ccc21. The van der Waals surface area contributed by atoms with Crippen molar-refractivity contribution in [2.45, 2.75) is 26.3 Å². The Kier molecular flexibility index (Phi) is 3.84. The van der Waals surface area contributed by atoms with E-state index in [0.717, 1.165) is 41.8 Å². The lowest BCUT2D eigenvalue weighted by molar-refractivity contribution is 0.475. The molecule has 3 rings (SSSR count). The highest BCUT2D eigenvalue weighted by Crippen LogP contribution is 2.23. The number of rotatable bonds is 4. The minimum atomic E-state index is 0.285. The molecule has 0 spiro atoms. The number of aromatic nitrogens is 2. The van der Waals surface area contributed by atoms with E-state index in [4.69, 9.17) is 16.6 Å². The Balaban J connectivity index is 2.03. The van der Waals surface area contributed by atoms with E-state index in [-0.39, 0.29) is 5.75 Å². The number of phenolic OH excluding ortho intramolecular Hbond substituents is 1. The van der Waals surface area contributed by atoms with Crippen LogP contribution in [0.15, 0.2) is 42.5 Å². The highest BCUT2D eigenvalue weighted by molar-refractivity contribution is 6.31. The zero-order chi connectivity index (χ0) is 14.8. The fourth-order valence-corrected chi connectivity index (χ4v) is 2.72. The van der Waals surface area contributed by atoms with Gasteiger partial charge in [0.1, 0.15) is 11.6 Å². The van der Waals surface area contributed by atoms with E-state index < -0.39 is 0 Å². The third-order valence-corrected chi connectivity index (χ3v) is 3.77. The van der Waals surface area contributed by atoms with Crippen molar-refractivity contribution < 1.29 is 5.11 Å². The van der Waals surface area contributed by atoms with Crippen molar-refractivity contribution in [1.82, 2.24) is 9.55 Å². The maximum atomic E-state index is 9.37. The maximum Gasteiger partial charge on any atom is 0.115 e. The van der Waals surface area contributed by atoms with Crippen LogP contribution in [0.5, 0.6) is 5.75 Å². The van der Waals surface area contributed by atoms with Gasteiger partial charge < -0.3 is 9.67 Å². The van der Waals surface area contributed by atoms with Gasteiger partial charge in [-0.3, -0.25) is 0 Å². The van der Waals surface area contributed by atoms with Crippen LogP contribution < -0.4 is 0 Å².